The Hall–Kier alpha value is -0.570. The summed E-state index contributed by atoms with van der Waals surface area (Å²) in [5.41, 5.74) is 1.33. The van der Waals surface area contributed by atoms with Gasteiger partial charge < -0.3 is 10.1 Å². The van der Waals surface area contributed by atoms with Gasteiger partial charge in [-0.25, -0.2) is 0 Å². The summed E-state index contributed by atoms with van der Waals surface area (Å²) in [7, 11) is 0. The number of rotatable bonds is 5. The number of nitrogens with one attached hydrogen (secondary N) is 1. The smallest absolute Gasteiger partial charge is 0.0469 e. The Morgan fingerprint density at radius 2 is 1.84 bits per heavy atom. The maximum absolute atomic E-state index is 5.96. The van der Waals surface area contributed by atoms with Crippen molar-refractivity contribution in [3.63, 3.8) is 0 Å². The van der Waals surface area contributed by atoms with Gasteiger partial charge in [0.15, 0.2) is 0 Å². The Bertz CT molecular complexity index is 371. The van der Waals surface area contributed by atoms with Gasteiger partial charge in [0.25, 0.3) is 0 Å². The first-order valence-corrected chi connectivity index (χ1v) is 7.61. The van der Waals surface area contributed by atoms with Crippen molar-refractivity contribution < 1.29 is 4.74 Å². The zero-order valence-corrected chi connectivity index (χ0v) is 12.6. The van der Waals surface area contributed by atoms with E-state index in [4.69, 9.17) is 16.3 Å². The third-order valence-corrected chi connectivity index (χ3v) is 4.12. The van der Waals surface area contributed by atoms with Crippen molar-refractivity contribution in [1.82, 2.24) is 5.32 Å². The second-order valence-corrected chi connectivity index (χ2v) is 6.17. The molecule has 0 radical (unpaired) electrons. The van der Waals surface area contributed by atoms with Crippen LogP contribution in [0.1, 0.15) is 38.3 Å². The Labute approximate surface area is 121 Å². The lowest BCUT2D eigenvalue weighted by Gasteiger charge is -2.28. The molecule has 1 unspecified atom stereocenters. The van der Waals surface area contributed by atoms with Gasteiger partial charge in [0.1, 0.15) is 0 Å². The molecule has 1 aromatic carbocycles. The van der Waals surface area contributed by atoms with E-state index < -0.39 is 0 Å². The molecule has 1 aromatic rings. The first kappa shape index (κ1) is 14.8. The predicted molar refractivity (Wildman–Crippen MR) is 80.6 cm³/mol. The number of halogens is 1. The van der Waals surface area contributed by atoms with Gasteiger partial charge >= 0.3 is 0 Å². The molecule has 0 amide bonds. The zero-order chi connectivity index (χ0) is 13.7. The molecule has 0 bridgehead atoms. The lowest BCUT2D eigenvalue weighted by Crippen LogP contribution is -2.33. The molecule has 3 heteroatoms. The van der Waals surface area contributed by atoms with E-state index in [0.717, 1.165) is 30.7 Å². The zero-order valence-electron chi connectivity index (χ0n) is 11.9. The van der Waals surface area contributed by atoms with Crippen molar-refractivity contribution in [1.29, 1.82) is 0 Å². The highest BCUT2D eigenvalue weighted by molar-refractivity contribution is 6.30. The van der Waals surface area contributed by atoms with Gasteiger partial charge in [-0.15, -0.1) is 0 Å². The molecule has 1 aliphatic rings. The highest BCUT2D eigenvalue weighted by atomic mass is 35.5. The van der Waals surface area contributed by atoms with Crippen molar-refractivity contribution >= 4 is 11.6 Å². The molecular formula is C16H24ClNO. The van der Waals surface area contributed by atoms with Crippen LogP contribution < -0.4 is 5.32 Å². The fourth-order valence-electron chi connectivity index (χ4n) is 2.65. The summed E-state index contributed by atoms with van der Waals surface area (Å²) >= 11 is 5.96. The molecule has 0 aromatic heterocycles. The average molecular weight is 282 g/mol. The third-order valence-electron chi connectivity index (χ3n) is 3.86. The SMILES string of the molecule is CC(C)C(NCC1CCOCC1)c1ccc(Cl)cc1. The van der Waals surface area contributed by atoms with Gasteiger partial charge in [-0.3, -0.25) is 0 Å². The minimum absolute atomic E-state index is 0.403. The quantitative estimate of drug-likeness (QED) is 0.879. The molecule has 106 valence electrons. The van der Waals surface area contributed by atoms with Crippen molar-refractivity contribution in [3.8, 4) is 0 Å². The standard InChI is InChI=1S/C16H24ClNO/c1-12(2)16(14-3-5-15(17)6-4-14)18-11-13-7-9-19-10-8-13/h3-6,12-13,16,18H,7-11H2,1-2H3. The number of ether oxygens (including phenoxy) is 1. The third kappa shape index (κ3) is 4.48. The Morgan fingerprint density at radius 3 is 2.42 bits per heavy atom. The topological polar surface area (TPSA) is 21.3 Å². The van der Waals surface area contributed by atoms with Crippen molar-refractivity contribution in [2.75, 3.05) is 19.8 Å². The van der Waals surface area contributed by atoms with Crippen LogP contribution in [0.3, 0.4) is 0 Å². The summed E-state index contributed by atoms with van der Waals surface area (Å²) in [4.78, 5) is 0. The summed E-state index contributed by atoms with van der Waals surface area (Å²) in [5, 5.41) is 4.53. The second kappa shape index (κ2) is 7.28. The molecule has 0 spiro atoms. The largest absolute Gasteiger partial charge is 0.381 e. The van der Waals surface area contributed by atoms with E-state index in [-0.39, 0.29) is 0 Å². The molecule has 19 heavy (non-hydrogen) atoms. The van der Waals surface area contributed by atoms with E-state index >= 15 is 0 Å². The minimum Gasteiger partial charge on any atom is -0.381 e. The minimum atomic E-state index is 0.403. The first-order valence-electron chi connectivity index (χ1n) is 7.23. The predicted octanol–water partition coefficient (Wildman–Crippen LogP) is 4.05. The summed E-state index contributed by atoms with van der Waals surface area (Å²) in [6.45, 7) is 7.43. The van der Waals surface area contributed by atoms with Crippen LogP contribution >= 0.6 is 11.6 Å². The molecule has 1 N–H and O–H groups in total. The van der Waals surface area contributed by atoms with E-state index in [1.165, 1.54) is 18.4 Å². The van der Waals surface area contributed by atoms with E-state index in [1.54, 1.807) is 0 Å². The molecule has 1 heterocycles. The molecule has 0 saturated carbocycles. The molecule has 0 aliphatic carbocycles. The summed E-state index contributed by atoms with van der Waals surface area (Å²) < 4.78 is 5.41. The van der Waals surface area contributed by atoms with Crippen LogP contribution in [0.4, 0.5) is 0 Å². The van der Waals surface area contributed by atoms with Gasteiger partial charge in [-0.2, -0.15) is 0 Å². The highest BCUT2D eigenvalue weighted by Gasteiger charge is 2.19. The van der Waals surface area contributed by atoms with E-state index in [0.29, 0.717) is 12.0 Å². The normalized spacial score (nSPS) is 18.7. The Kier molecular flexibility index (Phi) is 5.68. The monoisotopic (exact) mass is 281 g/mol. The first-order chi connectivity index (χ1) is 9.16. The van der Waals surface area contributed by atoms with Crippen LogP contribution in [0.15, 0.2) is 24.3 Å². The van der Waals surface area contributed by atoms with Crippen LogP contribution in [0.2, 0.25) is 5.02 Å². The number of hydrogen-bond donors (Lipinski definition) is 1. The highest BCUT2D eigenvalue weighted by Crippen LogP contribution is 2.24. The molecular weight excluding hydrogens is 258 g/mol. The van der Waals surface area contributed by atoms with Crippen molar-refractivity contribution in [2.24, 2.45) is 11.8 Å². The van der Waals surface area contributed by atoms with Crippen LogP contribution in [-0.4, -0.2) is 19.8 Å². The molecule has 2 nitrogen and oxygen atoms in total. The van der Waals surface area contributed by atoms with Crippen molar-refractivity contribution in [3.05, 3.63) is 34.9 Å². The fraction of sp³-hybridized carbons (Fsp3) is 0.625. The summed E-state index contributed by atoms with van der Waals surface area (Å²) in [5.74, 6) is 1.32. The molecule has 1 aliphatic heterocycles. The van der Waals surface area contributed by atoms with E-state index in [2.05, 4.69) is 31.3 Å². The van der Waals surface area contributed by atoms with E-state index in [9.17, 15) is 0 Å². The molecule has 1 fully saturated rings. The average Bonchev–Trinajstić information content (AvgIpc) is 2.42. The molecule has 2 rings (SSSR count). The van der Waals surface area contributed by atoms with Gasteiger partial charge in [0.05, 0.1) is 0 Å². The molecule has 1 atom stereocenters. The lowest BCUT2D eigenvalue weighted by atomic mass is 9.94. The van der Waals surface area contributed by atoms with Crippen LogP contribution in [0.25, 0.3) is 0 Å². The fourth-order valence-corrected chi connectivity index (χ4v) is 2.78. The maximum Gasteiger partial charge on any atom is 0.0469 e. The van der Waals surface area contributed by atoms with Gasteiger partial charge in [0.2, 0.25) is 0 Å². The van der Waals surface area contributed by atoms with E-state index in [1.807, 2.05) is 12.1 Å². The number of benzene rings is 1. The van der Waals surface area contributed by atoms with Crippen molar-refractivity contribution in [2.45, 2.75) is 32.7 Å². The van der Waals surface area contributed by atoms with Gasteiger partial charge in [-0.1, -0.05) is 37.6 Å². The molecule has 1 saturated heterocycles. The number of hydrogen-bond acceptors (Lipinski definition) is 2. The van der Waals surface area contributed by atoms with Crippen LogP contribution in [0, 0.1) is 11.8 Å². The maximum atomic E-state index is 5.96. The Morgan fingerprint density at radius 1 is 1.21 bits per heavy atom. The van der Waals surface area contributed by atoms with Gasteiger partial charge in [0, 0.05) is 24.3 Å². The summed E-state index contributed by atoms with van der Waals surface area (Å²) in [6.07, 6.45) is 2.36. The second-order valence-electron chi connectivity index (χ2n) is 5.74. The summed E-state index contributed by atoms with van der Waals surface area (Å²) in [6, 6.07) is 8.61. The van der Waals surface area contributed by atoms with Gasteiger partial charge in [-0.05, 0) is 48.9 Å². The Balaban J connectivity index is 1.94. The van der Waals surface area contributed by atoms with Crippen LogP contribution in [0.5, 0.6) is 0 Å². The lowest BCUT2D eigenvalue weighted by molar-refractivity contribution is 0.0649. The van der Waals surface area contributed by atoms with Crippen LogP contribution in [-0.2, 0) is 4.74 Å².